The smallest absolute Gasteiger partial charge is 0.247 e. The van der Waals surface area contributed by atoms with Gasteiger partial charge in [-0.15, -0.1) is 5.10 Å². The Morgan fingerprint density at radius 1 is 1.23 bits per heavy atom. The van der Waals surface area contributed by atoms with Crippen LogP contribution in [0.15, 0.2) is 30.5 Å². The lowest BCUT2D eigenvalue weighted by Crippen LogP contribution is -2.25. The standard InChI is InChI=1S/C16H23N5O/c1-4-21(5-2)16-19-15(12-18-20-16)17-10-9-13-7-6-8-14(11-13)22-3/h6-8,11-12H,4-5,9-10H2,1-3H3,(H,17,19,20). The van der Waals surface area contributed by atoms with Crippen LogP contribution in [0.3, 0.4) is 0 Å². The van der Waals surface area contributed by atoms with E-state index in [2.05, 4.69) is 45.3 Å². The molecule has 0 unspecified atom stereocenters. The highest BCUT2D eigenvalue weighted by atomic mass is 16.5. The molecular weight excluding hydrogens is 278 g/mol. The summed E-state index contributed by atoms with van der Waals surface area (Å²) in [6.45, 7) is 6.67. The Labute approximate surface area is 131 Å². The number of aromatic nitrogens is 3. The maximum absolute atomic E-state index is 5.23. The Bertz CT molecular complexity index is 586. The van der Waals surface area contributed by atoms with Gasteiger partial charge in [-0.25, -0.2) is 0 Å². The topological polar surface area (TPSA) is 63.2 Å². The molecule has 1 aromatic carbocycles. The zero-order valence-corrected chi connectivity index (χ0v) is 13.4. The van der Waals surface area contributed by atoms with Gasteiger partial charge in [-0.3, -0.25) is 0 Å². The molecule has 1 aromatic heterocycles. The molecule has 2 rings (SSSR count). The molecule has 6 heteroatoms. The Morgan fingerprint density at radius 2 is 2.05 bits per heavy atom. The summed E-state index contributed by atoms with van der Waals surface area (Å²) >= 11 is 0. The first kappa shape index (κ1) is 16.0. The predicted octanol–water partition coefficient (Wildman–Crippen LogP) is 2.38. The minimum Gasteiger partial charge on any atom is -0.497 e. The van der Waals surface area contributed by atoms with Gasteiger partial charge >= 0.3 is 0 Å². The number of hydrogen-bond acceptors (Lipinski definition) is 6. The van der Waals surface area contributed by atoms with E-state index in [1.54, 1.807) is 13.3 Å². The third-order valence-corrected chi connectivity index (χ3v) is 3.45. The summed E-state index contributed by atoms with van der Waals surface area (Å²) in [4.78, 5) is 6.57. The second-order valence-electron chi connectivity index (χ2n) is 4.84. The zero-order valence-electron chi connectivity index (χ0n) is 13.4. The molecule has 0 aliphatic heterocycles. The molecule has 2 aromatic rings. The number of rotatable bonds is 8. The molecule has 0 bridgehead atoms. The number of nitrogens with one attached hydrogen (secondary N) is 1. The fourth-order valence-corrected chi connectivity index (χ4v) is 2.18. The molecular formula is C16H23N5O. The molecule has 1 heterocycles. The predicted molar refractivity (Wildman–Crippen MR) is 88.6 cm³/mol. The van der Waals surface area contributed by atoms with E-state index in [0.717, 1.165) is 37.6 Å². The van der Waals surface area contributed by atoms with Crippen molar-refractivity contribution in [1.82, 2.24) is 15.2 Å². The largest absolute Gasteiger partial charge is 0.497 e. The minimum atomic E-state index is 0.663. The minimum absolute atomic E-state index is 0.663. The molecule has 0 fully saturated rings. The number of ether oxygens (including phenoxy) is 1. The van der Waals surface area contributed by atoms with Crippen molar-refractivity contribution in [2.24, 2.45) is 0 Å². The van der Waals surface area contributed by atoms with Crippen LogP contribution in [-0.2, 0) is 6.42 Å². The van der Waals surface area contributed by atoms with Gasteiger partial charge in [-0.2, -0.15) is 10.1 Å². The Kier molecular flexibility index (Phi) is 5.94. The van der Waals surface area contributed by atoms with Crippen molar-refractivity contribution in [3.8, 4) is 5.75 Å². The molecule has 22 heavy (non-hydrogen) atoms. The first-order chi connectivity index (χ1) is 10.8. The van der Waals surface area contributed by atoms with Gasteiger partial charge in [0.1, 0.15) is 5.75 Å². The van der Waals surface area contributed by atoms with Gasteiger partial charge in [-0.1, -0.05) is 12.1 Å². The second-order valence-corrected chi connectivity index (χ2v) is 4.84. The first-order valence-electron chi connectivity index (χ1n) is 7.58. The van der Waals surface area contributed by atoms with Crippen LogP contribution in [0.1, 0.15) is 19.4 Å². The second kappa shape index (κ2) is 8.17. The first-order valence-corrected chi connectivity index (χ1v) is 7.58. The summed E-state index contributed by atoms with van der Waals surface area (Å²) in [5, 5.41) is 11.4. The highest BCUT2D eigenvalue weighted by Crippen LogP contribution is 2.13. The number of anilines is 2. The van der Waals surface area contributed by atoms with E-state index < -0.39 is 0 Å². The van der Waals surface area contributed by atoms with Gasteiger partial charge in [0.2, 0.25) is 5.95 Å². The van der Waals surface area contributed by atoms with Crippen LogP contribution in [0.25, 0.3) is 0 Å². The van der Waals surface area contributed by atoms with E-state index in [1.807, 2.05) is 18.2 Å². The highest BCUT2D eigenvalue weighted by Gasteiger charge is 2.06. The van der Waals surface area contributed by atoms with Crippen molar-refractivity contribution >= 4 is 11.8 Å². The maximum Gasteiger partial charge on any atom is 0.247 e. The molecule has 0 saturated heterocycles. The van der Waals surface area contributed by atoms with Gasteiger partial charge < -0.3 is 15.0 Å². The highest BCUT2D eigenvalue weighted by molar-refractivity contribution is 5.39. The maximum atomic E-state index is 5.23. The summed E-state index contributed by atoms with van der Waals surface area (Å²) in [5.41, 5.74) is 1.22. The van der Waals surface area contributed by atoms with Crippen LogP contribution in [0.5, 0.6) is 5.75 Å². The van der Waals surface area contributed by atoms with Crippen LogP contribution in [0, 0.1) is 0 Å². The normalized spacial score (nSPS) is 10.3. The third kappa shape index (κ3) is 4.31. The summed E-state index contributed by atoms with van der Waals surface area (Å²) in [5.74, 6) is 2.29. The van der Waals surface area contributed by atoms with Crippen molar-refractivity contribution in [3.63, 3.8) is 0 Å². The van der Waals surface area contributed by atoms with Gasteiger partial charge in [0.05, 0.1) is 13.3 Å². The van der Waals surface area contributed by atoms with Crippen molar-refractivity contribution in [3.05, 3.63) is 36.0 Å². The van der Waals surface area contributed by atoms with Crippen molar-refractivity contribution in [2.45, 2.75) is 20.3 Å². The van der Waals surface area contributed by atoms with Gasteiger partial charge in [-0.05, 0) is 38.0 Å². The van der Waals surface area contributed by atoms with Crippen molar-refractivity contribution in [1.29, 1.82) is 0 Å². The monoisotopic (exact) mass is 301 g/mol. The molecule has 0 radical (unpaired) electrons. The van der Waals surface area contributed by atoms with E-state index in [1.165, 1.54) is 5.56 Å². The average Bonchev–Trinajstić information content (AvgIpc) is 2.57. The molecule has 0 saturated carbocycles. The van der Waals surface area contributed by atoms with Crippen molar-refractivity contribution in [2.75, 3.05) is 37.0 Å². The van der Waals surface area contributed by atoms with E-state index in [0.29, 0.717) is 5.95 Å². The lowest BCUT2D eigenvalue weighted by atomic mass is 10.1. The van der Waals surface area contributed by atoms with E-state index in [4.69, 9.17) is 4.74 Å². The van der Waals surface area contributed by atoms with E-state index >= 15 is 0 Å². The SMILES string of the molecule is CCN(CC)c1nncc(NCCc2cccc(OC)c2)n1. The van der Waals surface area contributed by atoms with Gasteiger partial charge in [0.25, 0.3) is 0 Å². The summed E-state index contributed by atoms with van der Waals surface area (Å²) in [6, 6.07) is 8.07. The number of hydrogen-bond donors (Lipinski definition) is 1. The molecule has 6 nitrogen and oxygen atoms in total. The molecule has 0 amide bonds. The molecule has 0 atom stereocenters. The van der Waals surface area contributed by atoms with Crippen LogP contribution < -0.4 is 15.0 Å². The van der Waals surface area contributed by atoms with Crippen LogP contribution in [0.4, 0.5) is 11.8 Å². The zero-order chi connectivity index (χ0) is 15.8. The fourth-order valence-electron chi connectivity index (χ4n) is 2.18. The number of methoxy groups -OCH3 is 1. The van der Waals surface area contributed by atoms with E-state index in [-0.39, 0.29) is 0 Å². The summed E-state index contributed by atoms with van der Waals surface area (Å²) in [7, 11) is 1.68. The Hall–Kier alpha value is -2.37. The van der Waals surface area contributed by atoms with Gasteiger partial charge in [0, 0.05) is 19.6 Å². The lowest BCUT2D eigenvalue weighted by molar-refractivity contribution is 0.414. The quantitative estimate of drug-likeness (QED) is 0.807. The number of nitrogens with zero attached hydrogens (tertiary/aromatic N) is 4. The van der Waals surface area contributed by atoms with Crippen LogP contribution in [0.2, 0.25) is 0 Å². The Balaban J connectivity index is 1.92. The van der Waals surface area contributed by atoms with Crippen LogP contribution in [-0.4, -0.2) is 41.9 Å². The molecule has 0 aliphatic rings. The molecule has 1 N–H and O–H groups in total. The molecule has 118 valence electrons. The van der Waals surface area contributed by atoms with E-state index in [9.17, 15) is 0 Å². The summed E-state index contributed by atoms with van der Waals surface area (Å²) < 4.78 is 5.23. The average molecular weight is 301 g/mol. The molecule has 0 spiro atoms. The molecule has 0 aliphatic carbocycles. The van der Waals surface area contributed by atoms with Gasteiger partial charge in [0.15, 0.2) is 5.82 Å². The lowest BCUT2D eigenvalue weighted by Gasteiger charge is -2.18. The number of benzene rings is 1. The Morgan fingerprint density at radius 3 is 2.77 bits per heavy atom. The summed E-state index contributed by atoms with van der Waals surface area (Å²) in [6.07, 6.45) is 2.54. The van der Waals surface area contributed by atoms with Crippen LogP contribution >= 0.6 is 0 Å². The van der Waals surface area contributed by atoms with Crippen molar-refractivity contribution < 1.29 is 4.74 Å². The third-order valence-electron chi connectivity index (χ3n) is 3.45. The fraction of sp³-hybridized carbons (Fsp3) is 0.438.